The standard InChI is InChI=1S/C9H13Cl2NO2S2/c1-2-12(16(13,14)6-5-10)7-8-3-4-9(11)15-8/h3-4H,2,5-7H2,1H3. The van der Waals surface area contributed by atoms with E-state index in [9.17, 15) is 8.42 Å². The zero-order chi connectivity index (χ0) is 12.2. The summed E-state index contributed by atoms with van der Waals surface area (Å²) in [5.74, 6) is 0.0888. The molecule has 0 atom stereocenters. The summed E-state index contributed by atoms with van der Waals surface area (Å²) >= 11 is 12.7. The summed E-state index contributed by atoms with van der Waals surface area (Å²) in [6, 6.07) is 3.61. The number of halogens is 2. The summed E-state index contributed by atoms with van der Waals surface area (Å²) in [6.07, 6.45) is 0. The zero-order valence-electron chi connectivity index (χ0n) is 8.82. The molecule has 1 rings (SSSR count). The number of thiophene rings is 1. The van der Waals surface area contributed by atoms with Crippen molar-refractivity contribution in [2.45, 2.75) is 13.5 Å². The predicted molar refractivity (Wildman–Crippen MR) is 69.9 cm³/mol. The average Bonchev–Trinajstić information content (AvgIpc) is 2.60. The van der Waals surface area contributed by atoms with Gasteiger partial charge in [-0.2, -0.15) is 4.31 Å². The van der Waals surface area contributed by atoms with Gasteiger partial charge in [-0.05, 0) is 12.1 Å². The van der Waals surface area contributed by atoms with Gasteiger partial charge >= 0.3 is 0 Å². The fraction of sp³-hybridized carbons (Fsp3) is 0.556. The third-order valence-electron chi connectivity index (χ3n) is 2.04. The van der Waals surface area contributed by atoms with Gasteiger partial charge in [-0.25, -0.2) is 8.42 Å². The van der Waals surface area contributed by atoms with E-state index in [1.165, 1.54) is 15.6 Å². The first-order chi connectivity index (χ1) is 7.49. The molecule has 0 aliphatic rings. The van der Waals surface area contributed by atoms with E-state index in [2.05, 4.69) is 0 Å². The van der Waals surface area contributed by atoms with E-state index in [0.717, 1.165) is 4.88 Å². The van der Waals surface area contributed by atoms with Crippen molar-refractivity contribution in [2.24, 2.45) is 0 Å². The second-order valence-electron chi connectivity index (χ2n) is 3.14. The minimum Gasteiger partial charge on any atom is -0.212 e. The number of hydrogen-bond acceptors (Lipinski definition) is 3. The molecular weight excluding hydrogens is 289 g/mol. The molecule has 0 bridgehead atoms. The molecule has 1 heterocycles. The maximum absolute atomic E-state index is 11.8. The highest BCUT2D eigenvalue weighted by atomic mass is 35.5. The number of nitrogens with zero attached hydrogens (tertiary/aromatic N) is 1. The molecule has 92 valence electrons. The van der Waals surface area contributed by atoms with E-state index in [1.807, 2.05) is 6.07 Å². The first-order valence-corrected chi connectivity index (χ1v) is 8.11. The Balaban J connectivity index is 2.76. The van der Waals surface area contributed by atoms with Gasteiger partial charge in [0.05, 0.1) is 10.1 Å². The van der Waals surface area contributed by atoms with Crippen molar-refractivity contribution in [3.63, 3.8) is 0 Å². The van der Waals surface area contributed by atoms with Crippen LogP contribution in [0.15, 0.2) is 12.1 Å². The van der Waals surface area contributed by atoms with Crippen molar-refractivity contribution >= 4 is 44.6 Å². The van der Waals surface area contributed by atoms with Crippen LogP contribution >= 0.6 is 34.5 Å². The molecule has 0 radical (unpaired) electrons. The highest BCUT2D eigenvalue weighted by Gasteiger charge is 2.20. The molecule has 0 amide bonds. The molecule has 16 heavy (non-hydrogen) atoms. The minimum atomic E-state index is -3.25. The fourth-order valence-corrected chi connectivity index (χ4v) is 4.20. The van der Waals surface area contributed by atoms with Gasteiger partial charge in [-0.3, -0.25) is 0 Å². The average molecular weight is 302 g/mol. The van der Waals surface area contributed by atoms with Gasteiger partial charge in [0, 0.05) is 23.8 Å². The summed E-state index contributed by atoms with van der Waals surface area (Å²) in [5, 5.41) is 0. The lowest BCUT2D eigenvalue weighted by Gasteiger charge is -2.18. The van der Waals surface area contributed by atoms with E-state index < -0.39 is 10.0 Å². The van der Waals surface area contributed by atoms with Gasteiger partial charge < -0.3 is 0 Å². The summed E-state index contributed by atoms with van der Waals surface area (Å²) < 4.78 is 25.7. The number of sulfonamides is 1. The van der Waals surface area contributed by atoms with E-state index in [-0.39, 0.29) is 11.6 Å². The zero-order valence-corrected chi connectivity index (χ0v) is 12.0. The molecule has 0 aliphatic carbocycles. The predicted octanol–water partition coefficient (Wildman–Crippen LogP) is 2.79. The van der Waals surface area contributed by atoms with Gasteiger partial charge in [0.2, 0.25) is 10.0 Å². The molecule has 3 nitrogen and oxygen atoms in total. The van der Waals surface area contributed by atoms with Crippen LogP contribution in [0.5, 0.6) is 0 Å². The van der Waals surface area contributed by atoms with E-state index in [1.54, 1.807) is 13.0 Å². The van der Waals surface area contributed by atoms with Crippen LogP contribution < -0.4 is 0 Å². The van der Waals surface area contributed by atoms with Crippen LogP contribution in [-0.2, 0) is 16.6 Å². The van der Waals surface area contributed by atoms with Crippen molar-refractivity contribution in [1.82, 2.24) is 4.31 Å². The Morgan fingerprint density at radius 1 is 1.44 bits per heavy atom. The van der Waals surface area contributed by atoms with Gasteiger partial charge in [0.1, 0.15) is 0 Å². The van der Waals surface area contributed by atoms with Crippen LogP contribution in [0.4, 0.5) is 0 Å². The lowest BCUT2D eigenvalue weighted by molar-refractivity contribution is 0.427. The summed E-state index contributed by atoms with van der Waals surface area (Å²) in [6.45, 7) is 2.61. The Morgan fingerprint density at radius 3 is 2.56 bits per heavy atom. The molecular formula is C9H13Cl2NO2S2. The van der Waals surface area contributed by atoms with E-state index >= 15 is 0 Å². The van der Waals surface area contributed by atoms with E-state index in [0.29, 0.717) is 17.4 Å². The molecule has 7 heteroatoms. The number of hydrogen-bond donors (Lipinski definition) is 0. The third kappa shape index (κ3) is 3.89. The maximum atomic E-state index is 11.8. The molecule has 0 saturated carbocycles. The van der Waals surface area contributed by atoms with Gasteiger partial charge in [-0.1, -0.05) is 18.5 Å². The second-order valence-corrected chi connectivity index (χ2v) is 7.40. The molecule has 0 aliphatic heterocycles. The van der Waals surface area contributed by atoms with Crippen LogP contribution in [-0.4, -0.2) is 30.9 Å². The Kier molecular flexibility index (Phi) is 5.53. The second kappa shape index (κ2) is 6.21. The van der Waals surface area contributed by atoms with Crippen molar-refractivity contribution in [2.75, 3.05) is 18.2 Å². The van der Waals surface area contributed by atoms with Crippen LogP contribution in [0.25, 0.3) is 0 Å². The number of rotatable bonds is 6. The lowest BCUT2D eigenvalue weighted by Crippen LogP contribution is -2.32. The third-order valence-corrected chi connectivity index (χ3v) is 5.57. The molecule has 0 spiro atoms. The maximum Gasteiger partial charge on any atom is 0.215 e. The smallest absolute Gasteiger partial charge is 0.212 e. The van der Waals surface area contributed by atoms with Crippen molar-refractivity contribution in [3.8, 4) is 0 Å². The Morgan fingerprint density at radius 2 is 2.12 bits per heavy atom. The first-order valence-electron chi connectivity index (χ1n) is 4.77. The van der Waals surface area contributed by atoms with Crippen LogP contribution in [0, 0.1) is 0 Å². The molecule has 0 aromatic carbocycles. The van der Waals surface area contributed by atoms with Crippen molar-refractivity contribution in [3.05, 3.63) is 21.3 Å². The highest BCUT2D eigenvalue weighted by molar-refractivity contribution is 7.89. The molecule has 1 aromatic heterocycles. The Labute approximate surface area is 110 Å². The van der Waals surface area contributed by atoms with E-state index in [4.69, 9.17) is 23.2 Å². The van der Waals surface area contributed by atoms with Gasteiger partial charge in [0.25, 0.3) is 0 Å². The van der Waals surface area contributed by atoms with Crippen LogP contribution in [0.2, 0.25) is 4.34 Å². The molecule has 0 saturated heterocycles. The van der Waals surface area contributed by atoms with Gasteiger partial charge in [-0.15, -0.1) is 22.9 Å². The summed E-state index contributed by atoms with van der Waals surface area (Å²) in [7, 11) is -3.25. The SMILES string of the molecule is CCN(Cc1ccc(Cl)s1)S(=O)(=O)CCCl. The quantitative estimate of drug-likeness (QED) is 0.758. The van der Waals surface area contributed by atoms with Crippen molar-refractivity contribution < 1.29 is 8.42 Å². The van der Waals surface area contributed by atoms with Crippen LogP contribution in [0.3, 0.4) is 0 Å². The molecule has 0 unspecified atom stereocenters. The molecule has 0 N–H and O–H groups in total. The molecule has 0 fully saturated rings. The summed E-state index contributed by atoms with van der Waals surface area (Å²) in [5.41, 5.74) is 0. The van der Waals surface area contributed by atoms with Gasteiger partial charge in [0.15, 0.2) is 0 Å². The lowest BCUT2D eigenvalue weighted by atomic mass is 10.4. The summed E-state index contributed by atoms with van der Waals surface area (Å²) in [4.78, 5) is 0.935. The highest BCUT2D eigenvalue weighted by Crippen LogP contribution is 2.23. The minimum absolute atomic E-state index is 0.0263. The molecule has 1 aromatic rings. The number of alkyl halides is 1. The Bertz CT molecular complexity index is 430. The fourth-order valence-electron chi connectivity index (χ4n) is 1.24. The topological polar surface area (TPSA) is 37.4 Å². The first kappa shape index (κ1) is 14.3. The van der Waals surface area contributed by atoms with Crippen LogP contribution in [0.1, 0.15) is 11.8 Å². The normalized spacial score (nSPS) is 12.2. The largest absolute Gasteiger partial charge is 0.215 e. The Hall–Kier alpha value is 0.190. The monoisotopic (exact) mass is 301 g/mol. The van der Waals surface area contributed by atoms with Crippen molar-refractivity contribution in [1.29, 1.82) is 0 Å².